The standard InChI is InChI=1S/C6H12N2O.2ClH/c7-6(9)5-1-3-8-4-2-5;;/h5,8H,1-4H2,(H2,7,9);2*1H. The van der Waals surface area contributed by atoms with Crippen LogP contribution in [0, 0.1) is 5.92 Å². The van der Waals surface area contributed by atoms with Crippen molar-refractivity contribution in [3.63, 3.8) is 0 Å². The van der Waals surface area contributed by atoms with Crippen molar-refractivity contribution in [2.24, 2.45) is 11.7 Å². The Balaban J connectivity index is 0. The predicted octanol–water partition coefficient (Wildman–Crippen LogP) is 0.315. The number of halogens is 2. The Kier molecular flexibility index (Phi) is 8.28. The molecule has 1 aliphatic heterocycles. The van der Waals surface area contributed by atoms with E-state index in [0.717, 1.165) is 25.9 Å². The fraction of sp³-hybridized carbons (Fsp3) is 0.833. The maximum atomic E-state index is 10.5. The van der Waals surface area contributed by atoms with Gasteiger partial charge in [0.1, 0.15) is 0 Å². The SMILES string of the molecule is Cl.Cl.NC(=O)C1CCNCC1. The lowest BCUT2D eigenvalue weighted by atomic mass is 9.98. The van der Waals surface area contributed by atoms with Crippen LogP contribution in [-0.4, -0.2) is 19.0 Å². The molecule has 1 saturated heterocycles. The molecule has 1 fully saturated rings. The van der Waals surface area contributed by atoms with Crippen molar-refractivity contribution in [3.8, 4) is 0 Å². The van der Waals surface area contributed by atoms with Gasteiger partial charge in [0, 0.05) is 5.92 Å². The number of carbonyl (C=O) groups excluding carboxylic acids is 1. The van der Waals surface area contributed by atoms with E-state index in [1.165, 1.54) is 0 Å². The number of carbonyl (C=O) groups is 1. The largest absolute Gasteiger partial charge is 0.369 e. The summed E-state index contributed by atoms with van der Waals surface area (Å²) in [6.45, 7) is 1.88. The minimum atomic E-state index is -0.142. The molecule has 1 rings (SSSR count). The molecule has 0 aromatic rings. The van der Waals surface area contributed by atoms with Crippen LogP contribution in [0.4, 0.5) is 0 Å². The molecule has 0 aliphatic carbocycles. The molecule has 11 heavy (non-hydrogen) atoms. The Labute approximate surface area is 78.9 Å². The summed E-state index contributed by atoms with van der Waals surface area (Å²) >= 11 is 0. The lowest BCUT2D eigenvalue weighted by Gasteiger charge is -2.18. The first-order chi connectivity index (χ1) is 4.30. The minimum Gasteiger partial charge on any atom is -0.369 e. The van der Waals surface area contributed by atoms with Crippen molar-refractivity contribution >= 4 is 30.7 Å². The molecule has 0 saturated carbocycles. The molecule has 1 amide bonds. The summed E-state index contributed by atoms with van der Waals surface area (Å²) in [6, 6.07) is 0. The van der Waals surface area contributed by atoms with Gasteiger partial charge < -0.3 is 11.1 Å². The van der Waals surface area contributed by atoms with Crippen LogP contribution in [0.5, 0.6) is 0 Å². The van der Waals surface area contributed by atoms with Crippen LogP contribution in [0.3, 0.4) is 0 Å². The highest BCUT2D eigenvalue weighted by Gasteiger charge is 2.17. The Bertz CT molecular complexity index is 115. The zero-order valence-corrected chi connectivity index (χ0v) is 7.84. The molecule has 1 heterocycles. The summed E-state index contributed by atoms with van der Waals surface area (Å²) in [7, 11) is 0. The predicted molar refractivity (Wildman–Crippen MR) is 49.3 cm³/mol. The zero-order valence-electron chi connectivity index (χ0n) is 6.21. The van der Waals surface area contributed by atoms with E-state index in [2.05, 4.69) is 5.32 Å². The van der Waals surface area contributed by atoms with Crippen molar-refractivity contribution in [2.45, 2.75) is 12.8 Å². The number of hydrogen-bond acceptors (Lipinski definition) is 2. The summed E-state index contributed by atoms with van der Waals surface area (Å²) in [4.78, 5) is 10.5. The summed E-state index contributed by atoms with van der Waals surface area (Å²) in [5.41, 5.74) is 5.10. The quantitative estimate of drug-likeness (QED) is 0.641. The highest BCUT2D eigenvalue weighted by molar-refractivity contribution is 5.85. The molecule has 0 radical (unpaired) electrons. The molecule has 0 aromatic carbocycles. The van der Waals surface area contributed by atoms with Gasteiger partial charge in [0.05, 0.1) is 0 Å². The number of piperidine rings is 1. The third-order valence-corrected chi connectivity index (χ3v) is 1.74. The first-order valence-corrected chi connectivity index (χ1v) is 3.31. The third kappa shape index (κ3) is 4.45. The highest BCUT2D eigenvalue weighted by Crippen LogP contribution is 2.09. The van der Waals surface area contributed by atoms with Gasteiger partial charge >= 0.3 is 0 Å². The topological polar surface area (TPSA) is 55.1 Å². The molecule has 68 valence electrons. The minimum absolute atomic E-state index is 0. The number of nitrogens with two attached hydrogens (primary N) is 1. The van der Waals surface area contributed by atoms with Crippen LogP contribution in [0.1, 0.15) is 12.8 Å². The van der Waals surface area contributed by atoms with Gasteiger partial charge in [-0.15, -0.1) is 24.8 Å². The fourth-order valence-corrected chi connectivity index (χ4v) is 1.11. The van der Waals surface area contributed by atoms with Gasteiger partial charge in [0.2, 0.25) is 5.91 Å². The van der Waals surface area contributed by atoms with Gasteiger partial charge in [-0.25, -0.2) is 0 Å². The molecular weight excluding hydrogens is 187 g/mol. The number of nitrogens with one attached hydrogen (secondary N) is 1. The number of rotatable bonds is 1. The second-order valence-electron chi connectivity index (χ2n) is 2.43. The van der Waals surface area contributed by atoms with Crippen molar-refractivity contribution in [3.05, 3.63) is 0 Å². The molecule has 1 aliphatic rings. The first-order valence-electron chi connectivity index (χ1n) is 3.31. The average molecular weight is 201 g/mol. The summed E-state index contributed by atoms with van der Waals surface area (Å²) in [6.07, 6.45) is 1.82. The smallest absolute Gasteiger partial charge is 0.220 e. The Morgan fingerprint density at radius 3 is 2.00 bits per heavy atom. The van der Waals surface area contributed by atoms with E-state index in [-0.39, 0.29) is 36.6 Å². The lowest BCUT2D eigenvalue weighted by molar-refractivity contribution is -0.122. The van der Waals surface area contributed by atoms with E-state index >= 15 is 0 Å². The first kappa shape index (κ1) is 13.6. The fourth-order valence-electron chi connectivity index (χ4n) is 1.11. The maximum absolute atomic E-state index is 10.5. The number of amides is 1. The van der Waals surface area contributed by atoms with Crippen molar-refractivity contribution in [1.82, 2.24) is 5.32 Å². The Hall–Kier alpha value is 0.01000. The maximum Gasteiger partial charge on any atom is 0.220 e. The van der Waals surface area contributed by atoms with Gasteiger partial charge in [0.15, 0.2) is 0 Å². The van der Waals surface area contributed by atoms with Gasteiger partial charge in [-0.05, 0) is 25.9 Å². The third-order valence-electron chi connectivity index (χ3n) is 1.74. The van der Waals surface area contributed by atoms with Crippen LogP contribution < -0.4 is 11.1 Å². The van der Waals surface area contributed by atoms with E-state index in [4.69, 9.17) is 5.73 Å². The molecule has 0 bridgehead atoms. The van der Waals surface area contributed by atoms with Crippen LogP contribution in [0.2, 0.25) is 0 Å². The Morgan fingerprint density at radius 2 is 1.73 bits per heavy atom. The number of primary amides is 1. The second kappa shape index (κ2) is 6.70. The average Bonchev–Trinajstić information content (AvgIpc) is 1.90. The number of hydrogen-bond donors (Lipinski definition) is 2. The monoisotopic (exact) mass is 200 g/mol. The van der Waals surface area contributed by atoms with Gasteiger partial charge in [-0.2, -0.15) is 0 Å². The van der Waals surface area contributed by atoms with E-state index in [0.29, 0.717) is 0 Å². The molecule has 0 spiro atoms. The van der Waals surface area contributed by atoms with Crippen molar-refractivity contribution in [1.29, 1.82) is 0 Å². The highest BCUT2D eigenvalue weighted by atomic mass is 35.5. The van der Waals surface area contributed by atoms with Crippen LogP contribution in [-0.2, 0) is 4.79 Å². The second-order valence-corrected chi connectivity index (χ2v) is 2.43. The Morgan fingerprint density at radius 1 is 1.27 bits per heavy atom. The van der Waals surface area contributed by atoms with Crippen LogP contribution >= 0.6 is 24.8 Å². The van der Waals surface area contributed by atoms with Gasteiger partial charge in [0.25, 0.3) is 0 Å². The molecule has 0 unspecified atom stereocenters. The van der Waals surface area contributed by atoms with E-state index < -0.39 is 0 Å². The molecule has 5 heteroatoms. The van der Waals surface area contributed by atoms with E-state index in [1.54, 1.807) is 0 Å². The van der Waals surface area contributed by atoms with E-state index in [1.807, 2.05) is 0 Å². The lowest BCUT2D eigenvalue weighted by Crippen LogP contribution is -2.34. The summed E-state index contributed by atoms with van der Waals surface area (Å²) in [5.74, 6) is -0.0113. The molecule has 0 aromatic heterocycles. The molecule has 3 N–H and O–H groups in total. The van der Waals surface area contributed by atoms with Crippen LogP contribution in [0.25, 0.3) is 0 Å². The summed E-state index contributed by atoms with van der Waals surface area (Å²) < 4.78 is 0. The van der Waals surface area contributed by atoms with Gasteiger partial charge in [-0.1, -0.05) is 0 Å². The van der Waals surface area contributed by atoms with Crippen molar-refractivity contribution in [2.75, 3.05) is 13.1 Å². The van der Waals surface area contributed by atoms with Gasteiger partial charge in [-0.3, -0.25) is 4.79 Å². The van der Waals surface area contributed by atoms with E-state index in [9.17, 15) is 4.79 Å². The van der Waals surface area contributed by atoms with Crippen molar-refractivity contribution < 1.29 is 4.79 Å². The molecule has 0 atom stereocenters. The molecule has 3 nitrogen and oxygen atoms in total. The normalized spacial score (nSPS) is 17.8. The molecular formula is C6H14Cl2N2O. The zero-order chi connectivity index (χ0) is 6.69. The van der Waals surface area contributed by atoms with Crippen LogP contribution in [0.15, 0.2) is 0 Å². The summed E-state index contributed by atoms with van der Waals surface area (Å²) in [5, 5.41) is 3.16.